The molecule has 18 heavy (non-hydrogen) atoms. The molecule has 2 nitrogen and oxygen atoms in total. The average molecular weight is 389 g/mol. The van der Waals surface area contributed by atoms with E-state index in [1.54, 1.807) is 11.3 Å². The molecule has 2 heterocycles. The Morgan fingerprint density at radius 2 is 1.89 bits per heavy atom. The van der Waals surface area contributed by atoms with Gasteiger partial charge in [-0.2, -0.15) is 0 Å². The minimum atomic E-state index is 0. The van der Waals surface area contributed by atoms with Crippen molar-refractivity contribution in [3.05, 3.63) is 47.7 Å². The van der Waals surface area contributed by atoms with E-state index in [2.05, 4.69) is 17.1 Å². The van der Waals surface area contributed by atoms with Gasteiger partial charge in [-0.25, -0.2) is 9.55 Å². The van der Waals surface area contributed by atoms with Crippen LogP contribution in [0.25, 0.3) is 20.8 Å². The lowest BCUT2D eigenvalue weighted by molar-refractivity contribution is -0.671. The van der Waals surface area contributed by atoms with Crippen molar-refractivity contribution in [2.45, 2.75) is 0 Å². The van der Waals surface area contributed by atoms with E-state index in [9.17, 15) is 0 Å². The van der Waals surface area contributed by atoms with Crippen molar-refractivity contribution in [3.63, 3.8) is 0 Å². The molecule has 0 amide bonds. The Hall–Kier alpha value is -0.720. The van der Waals surface area contributed by atoms with Gasteiger partial charge in [-0.05, 0) is 12.1 Å². The number of aryl methyl sites for hydroxylation is 1. The topological polar surface area (TPSA) is 16.8 Å². The maximum absolute atomic E-state index is 6.12. The van der Waals surface area contributed by atoms with Gasteiger partial charge in [-0.15, -0.1) is 11.3 Å². The predicted molar refractivity (Wildman–Crippen MR) is 71.2 cm³/mol. The standard InChI is InChI=1S/C13H10ClN2S.HI/c1-16-7-5-9(6-8-16)13-15-12-10(14)3-2-4-11(12)17-13;/h2-8H,1H3;1H/q+1;/p-1. The van der Waals surface area contributed by atoms with Crippen molar-refractivity contribution < 1.29 is 28.5 Å². The molecule has 0 spiro atoms. The van der Waals surface area contributed by atoms with Gasteiger partial charge in [0.05, 0.1) is 9.72 Å². The third kappa shape index (κ3) is 2.50. The smallest absolute Gasteiger partial charge is 0.169 e. The second-order valence-corrected chi connectivity index (χ2v) is 5.30. The van der Waals surface area contributed by atoms with E-state index >= 15 is 0 Å². The number of nitrogens with zero attached hydrogens (tertiary/aromatic N) is 2. The van der Waals surface area contributed by atoms with Crippen molar-refractivity contribution in [3.8, 4) is 10.6 Å². The van der Waals surface area contributed by atoms with E-state index in [0.29, 0.717) is 5.02 Å². The summed E-state index contributed by atoms with van der Waals surface area (Å²) in [5.74, 6) is 0. The highest BCUT2D eigenvalue weighted by molar-refractivity contribution is 7.21. The molecule has 3 aromatic rings. The van der Waals surface area contributed by atoms with Gasteiger partial charge >= 0.3 is 0 Å². The first-order valence-corrected chi connectivity index (χ1v) is 6.44. The van der Waals surface area contributed by atoms with Gasteiger partial charge < -0.3 is 24.0 Å². The number of pyridine rings is 1. The summed E-state index contributed by atoms with van der Waals surface area (Å²) in [6, 6.07) is 10.00. The van der Waals surface area contributed by atoms with Gasteiger partial charge in [-0.3, -0.25) is 0 Å². The average Bonchev–Trinajstić information content (AvgIpc) is 2.75. The van der Waals surface area contributed by atoms with Gasteiger partial charge in [0.2, 0.25) is 0 Å². The van der Waals surface area contributed by atoms with Crippen molar-refractivity contribution in [1.82, 2.24) is 4.98 Å². The minimum absolute atomic E-state index is 0. The molecule has 2 aromatic heterocycles. The highest BCUT2D eigenvalue weighted by Crippen LogP contribution is 2.32. The van der Waals surface area contributed by atoms with Crippen LogP contribution < -0.4 is 28.5 Å². The van der Waals surface area contributed by atoms with Crippen LogP contribution in [0.2, 0.25) is 5.02 Å². The van der Waals surface area contributed by atoms with Crippen molar-refractivity contribution in [2.24, 2.45) is 7.05 Å². The summed E-state index contributed by atoms with van der Waals surface area (Å²) in [6.45, 7) is 0. The number of hydrogen-bond donors (Lipinski definition) is 0. The molecule has 1 aromatic carbocycles. The molecule has 0 unspecified atom stereocenters. The van der Waals surface area contributed by atoms with Gasteiger partial charge in [-0.1, -0.05) is 17.7 Å². The van der Waals surface area contributed by atoms with Gasteiger partial charge in [0.25, 0.3) is 0 Å². The SMILES string of the molecule is C[n+]1ccc(-c2nc3c(Cl)cccc3s2)cc1.[I-]. The van der Waals surface area contributed by atoms with Crippen LogP contribution >= 0.6 is 22.9 Å². The fourth-order valence-electron chi connectivity index (χ4n) is 1.68. The molecule has 0 aliphatic rings. The number of benzene rings is 1. The highest BCUT2D eigenvalue weighted by atomic mass is 127. The molecule has 0 bridgehead atoms. The Morgan fingerprint density at radius 1 is 1.17 bits per heavy atom. The quantitative estimate of drug-likeness (QED) is 0.437. The van der Waals surface area contributed by atoms with Gasteiger partial charge in [0.15, 0.2) is 12.4 Å². The summed E-state index contributed by atoms with van der Waals surface area (Å²) in [4.78, 5) is 4.59. The summed E-state index contributed by atoms with van der Waals surface area (Å²) in [7, 11) is 2.00. The number of para-hydroxylation sites is 1. The second kappa shape index (κ2) is 5.50. The maximum atomic E-state index is 6.12. The minimum Gasteiger partial charge on any atom is -1.00 e. The van der Waals surface area contributed by atoms with E-state index in [0.717, 1.165) is 20.8 Å². The van der Waals surface area contributed by atoms with Crippen LogP contribution in [0.4, 0.5) is 0 Å². The molecule has 0 aliphatic heterocycles. The molecule has 0 fully saturated rings. The monoisotopic (exact) mass is 388 g/mol. The number of aromatic nitrogens is 2. The number of fused-ring (bicyclic) bond motifs is 1. The Kier molecular flexibility index (Phi) is 4.19. The Balaban J connectivity index is 0.00000120. The van der Waals surface area contributed by atoms with Gasteiger partial charge in [0.1, 0.15) is 17.6 Å². The van der Waals surface area contributed by atoms with Crippen LogP contribution in [0.5, 0.6) is 0 Å². The summed E-state index contributed by atoms with van der Waals surface area (Å²) in [5, 5.41) is 1.72. The van der Waals surface area contributed by atoms with E-state index in [4.69, 9.17) is 11.6 Å². The van der Waals surface area contributed by atoms with Gasteiger partial charge in [0, 0.05) is 17.7 Å². The largest absolute Gasteiger partial charge is 1.00 e. The second-order valence-electron chi connectivity index (χ2n) is 3.86. The van der Waals surface area contributed by atoms with E-state index in [-0.39, 0.29) is 24.0 Å². The van der Waals surface area contributed by atoms with Crippen LogP contribution in [0.1, 0.15) is 0 Å². The summed E-state index contributed by atoms with van der Waals surface area (Å²) in [5.41, 5.74) is 2.02. The Bertz CT molecular complexity index is 679. The zero-order chi connectivity index (χ0) is 11.8. The van der Waals surface area contributed by atoms with Crippen molar-refractivity contribution in [2.75, 3.05) is 0 Å². The molecule has 0 saturated heterocycles. The molecule has 5 heteroatoms. The number of halogens is 2. The van der Waals surface area contributed by atoms with Crippen LogP contribution in [-0.2, 0) is 7.05 Å². The fourth-order valence-corrected chi connectivity index (χ4v) is 2.95. The zero-order valence-electron chi connectivity index (χ0n) is 9.60. The van der Waals surface area contributed by atoms with E-state index < -0.39 is 0 Å². The van der Waals surface area contributed by atoms with E-state index in [1.807, 2.05) is 42.2 Å². The predicted octanol–water partition coefficient (Wildman–Crippen LogP) is 0.445. The third-order valence-electron chi connectivity index (χ3n) is 2.60. The first kappa shape index (κ1) is 13.7. The molecule has 0 atom stereocenters. The molecule has 0 saturated carbocycles. The lowest BCUT2D eigenvalue weighted by atomic mass is 10.3. The highest BCUT2D eigenvalue weighted by Gasteiger charge is 2.09. The van der Waals surface area contributed by atoms with E-state index in [1.165, 1.54) is 0 Å². The normalized spacial score (nSPS) is 10.3. The summed E-state index contributed by atoms with van der Waals surface area (Å²) in [6.07, 6.45) is 4.03. The molecule has 92 valence electrons. The third-order valence-corrected chi connectivity index (χ3v) is 3.97. The number of hydrogen-bond acceptors (Lipinski definition) is 2. The van der Waals surface area contributed by atoms with Crippen molar-refractivity contribution >= 4 is 33.2 Å². The molecule has 3 rings (SSSR count). The lowest BCUT2D eigenvalue weighted by Crippen LogP contribution is -3.00. The summed E-state index contributed by atoms with van der Waals surface area (Å²) >= 11 is 7.79. The van der Waals surface area contributed by atoms with Crippen LogP contribution in [-0.4, -0.2) is 4.98 Å². The zero-order valence-corrected chi connectivity index (χ0v) is 13.3. The Labute approximate surface area is 131 Å². The fraction of sp³-hybridized carbons (Fsp3) is 0.0769. The maximum Gasteiger partial charge on any atom is 0.169 e. The van der Waals surface area contributed by atoms with Crippen LogP contribution in [0, 0.1) is 0 Å². The lowest BCUT2D eigenvalue weighted by Gasteiger charge is -1.92. The number of rotatable bonds is 1. The number of thiazole rings is 1. The first-order chi connectivity index (χ1) is 8.24. The Morgan fingerprint density at radius 3 is 2.56 bits per heavy atom. The molecule has 0 radical (unpaired) electrons. The molecular weight excluding hydrogens is 379 g/mol. The molecular formula is C13H10ClIN2S. The molecule has 0 aliphatic carbocycles. The van der Waals surface area contributed by atoms with Crippen LogP contribution in [0.15, 0.2) is 42.7 Å². The van der Waals surface area contributed by atoms with Crippen molar-refractivity contribution in [1.29, 1.82) is 0 Å². The molecule has 0 N–H and O–H groups in total. The summed E-state index contributed by atoms with van der Waals surface area (Å²) < 4.78 is 3.13. The first-order valence-electron chi connectivity index (χ1n) is 5.25. The van der Waals surface area contributed by atoms with Crippen LogP contribution in [0.3, 0.4) is 0 Å².